The third-order valence-corrected chi connectivity index (χ3v) is 3.14. The van der Waals surface area contributed by atoms with Crippen molar-refractivity contribution in [2.75, 3.05) is 0 Å². The van der Waals surface area contributed by atoms with Crippen molar-refractivity contribution in [2.45, 2.75) is 26.4 Å². The number of non-ortho nitro benzene ring substituents is 1. The summed E-state index contributed by atoms with van der Waals surface area (Å²) in [5.41, 5.74) is 2.38. The van der Waals surface area contributed by atoms with Gasteiger partial charge >= 0.3 is 0 Å². The third-order valence-electron chi connectivity index (χ3n) is 3.14. The van der Waals surface area contributed by atoms with Crippen molar-refractivity contribution in [3.63, 3.8) is 0 Å². The standard InChI is InChI=1S/C15H16FN3O2/c1-2-12-4-3-5-18-15(12)10-17-9-11-6-13(16)8-14(7-11)19(20)21/h3-8,17H,2,9-10H2,1H3. The predicted octanol–water partition coefficient (Wildman–Crippen LogP) is 2.98. The van der Waals surface area contributed by atoms with Crippen LogP contribution in [-0.2, 0) is 19.5 Å². The first-order valence-corrected chi connectivity index (χ1v) is 6.67. The number of nitro benzene ring substituents is 1. The second-order valence-electron chi connectivity index (χ2n) is 4.64. The van der Waals surface area contributed by atoms with Gasteiger partial charge < -0.3 is 5.32 Å². The van der Waals surface area contributed by atoms with Crippen LogP contribution in [0.5, 0.6) is 0 Å². The number of halogens is 1. The number of pyridine rings is 1. The second kappa shape index (κ2) is 6.90. The molecular formula is C15H16FN3O2. The Balaban J connectivity index is 2.02. The molecule has 0 aliphatic heterocycles. The Morgan fingerprint density at radius 3 is 2.86 bits per heavy atom. The summed E-state index contributed by atoms with van der Waals surface area (Å²) in [7, 11) is 0. The van der Waals surface area contributed by atoms with Crippen LogP contribution in [-0.4, -0.2) is 9.91 Å². The van der Waals surface area contributed by atoms with Crippen molar-refractivity contribution in [1.82, 2.24) is 10.3 Å². The van der Waals surface area contributed by atoms with E-state index in [0.717, 1.165) is 23.7 Å². The maximum Gasteiger partial charge on any atom is 0.272 e. The molecular weight excluding hydrogens is 273 g/mol. The van der Waals surface area contributed by atoms with Gasteiger partial charge in [0.25, 0.3) is 5.69 Å². The van der Waals surface area contributed by atoms with E-state index in [1.54, 1.807) is 6.20 Å². The Bertz CT molecular complexity index is 647. The SMILES string of the molecule is CCc1cccnc1CNCc1cc(F)cc([N+](=O)[O-])c1. The van der Waals surface area contributed by atoms with Crippen LogP contribution in [0.25, 0.3) is 0 Å². The summed E-state index contributed by atoms with van der Waals surface area (Å²) in [6.45, 7) is 2.93. The average molecular weight is 289 g/mol. The fourth-order valence-corrected chi connectivity index (χ4v) is 2.12. The largest absolute Gasteiger partial charge is 0.307 e. The lowest BCUT2D eigenvalue weighted by atomic mass is 10.1. The van der Waals surface area contributed by atoms with E-state index in [2.05, 4.69) is 17.2 Å². The van der Waals surface area contributed by atoms with Crippen LogP contribution in [0.3, 0.4) is 0 Å². The van der Waals surface area contributed by atoms with E-state index in [9.17, 15) is 14.5 Å². The molecule has 1 aromatic heterocycles. The van der Waals surface area contributed by atoms with E-state index in [1.807, 2.05) is 12.1 Å². The van der Waals surface area contributed by atoms with E-state index in [1.165, 1.54) is 12.1 Å². The summed E-state index contributed by atoms with van der Waals surface area (Å²) in [5.74, 6) is -0.604. The minimum absolute atomic E-state index is 0.237. The van der Waals surface area contributed by atoms with Gasteiger partial charge in [0.15, 0.2) is 0 Å². The topological polar surface area (TPSA) is 68.1 Å². The summed E-state index contributed by atoms with van der Waals surface area (Å²) >= 11 is 0. The number of nitro groups is 1. The normalized spacial score (nSPS) is 10.6. The zero-order valence-electron chi connectivity index (χ0n) is 11.7. The van der Waals surface area contributed by atoms with Gasteiger partial charge in [-0.25, -0.2) is 4.39 Å². The van der Waals surface area contributed by atoms with Crippen molar-refractivity contribution in [3.05, 3.63) is 69.3 Å². The van der Waals surface area contributed by atoms with Gasteiger partial charge in [-0.05, 0) is 29.7 Å². The lowest BCUT2D eigenvalue weighted by Crippen LogP contribution is -2.15. The smallest absolute Gasteiger partial charge is 0.272 e. The number of aryl methyl sites for hydroxylation is 1. The molecule has 2 rings (SSSR count). The molecule has 0 radical (unpaired) electrons. The van der Waals surface area contributed by atoms with Gasteiger partial charge in [-0.3, -0.25) is 15.1 Å². The summed E-state index contributed by atoms with van der Waals surface area (Å²) in [6, 6.07) is 7.47. The third kappa shape index (κ3) is 4.06. The highest BCUT2D eigenvalue weighted by Gasteiger charge is 2.09. The van der Waals surface area contributed by atoms with E-state index < -0.39 is 10.7 Å². The van der Waals surface area contributed by atoms with Crippen LogP contribution in [0.2, 0.25) is 0 Å². The van der Waals surface area contributed by atoms with E-state index >= 15 is 0 Å². The quantitative estimate of drug-likeness (QED) is 0.655. The molecule has 2 aromatic rings. The molecule has 0 aliphatic carbocycles. The van der Waals surface area contributed by atoms with Gasteiger partial charge in [0.2, 0.25) is 0 Å². The molecule has 1 aromatic carbocycles. The highest BCUT2D eigenvalue weighted by Crippen LogP contribution is 2.16. The molecule has 1 heterocycles. The summed E-state index contributed by atoms with van der Waals surface area (Å²) < 4.78 is 13.3. The Hall–Kier alpha value is -2.34. The lowest BCUT2D eigenvalue weighted by molar-refractivity contribution is -0.385. The molecule has 0 bridgehead atoms. The fraction of sp³-hybridized carbons (Fsp3) is 0.267. The number of rotatable bonds is 6. The molecule has 0 amide bonds. The molecule has 0 saturated heterocycles. The summed E-state index contributed by atoms with van der Waals surface area (Å²) in [6.07, 6.45) is 2.61. The summed E-state index contributed by atoms with van der Waals surface area (Å²) in [4.78, 5) is 14.4. The fourth-order valence-electron chi connectivity index (χ4n) is 2.12. The Kier molecular flexibility index (Phi) is 4.94. The van der Waals surface area contributed by atoms with E-state index in [0.29, 0.717) is 18.7 Å². The predicted molar refractivity (Wildman–Crippen MR) is 77.2 cm³/mol. The first-order valence-electron chi connectivity index (χ1n) is 6.67. The van der Waals surface area contributed by atoms with Crippen LogP contribution in [0.4, 0.5) is 10.1 Å². The van der Waals surface area contributed by atoms with E-state index in [4.69, 9.17) is 0 Å². The van der Waals surface area contributed by atoms with Gasteiger partial charge in [-0.1, -0.05) is 13.0 Å². The zero-order chi connectivity index (χ0) is 15.2. The molecule has 0 aliphatic rings. The van der Waals surface area contributed by atoms with Gasteiger partial charge in [0.1, 0.15) is 5.82 Å². The number of benzene rings is 1. The van der Waals surface area contributed by atoms with Crippen molar-refractivity contribution >= 4 is 5.69 Å². The first kappa shape index (κ1) is 15.1. The van der Waals surface area contributed by atoms with Gasteiger partial charge in [0, 0.05) is 25.4 Å². The molecule has 0 saturated carbocycles. The minimum Gasteiger partial charge on any atom is -0.307 e. The Labute approximate surface area is 122 Å². The van der Waals surface area contributed by atoms with Crippen molar-refractivity contribution in [1.29, 1.82) is 0 Å². The maximum atomic E-state index is 13.3. The van der Waals surface area contributed by atoms with Gasteiger partial charge in [-0.2, -0.15) is 0 Å². The molecule has 0 fully saturated rings. The number of hydrogen-bond acceptors (Lipinski definition) is 4. The zero-order valence-corrected chi connectivity index (χ0v) is 11.7. The molecule has 5 nitrogen and oxygen atoms in total. The number of nitrogens with zero attached hydrogens (tertiary/aromatic N) is 2. The Morgan fingerprint density at radius 2 is 2.14 bits per heavy atom. The van der Waals surface area contributed by atoms with Crippen molar-refractivity contribution in [3.8, 4) is 0 Å². The molecule has 1 N–H and O–H groups in total. The monoisotopic (exact) mass is 289 g/mol. The number of aromatic nitrogens is 1. The first-order chi connectivity index (χ1) is 10.1. The van der Waals surface area contributed by atoms with Crippen LogP contribution in [0.1, 0.15) is 23.7 Å². The van der Waals surface area contributed by atoms with Crippen LogP contribution < -0.4 is 5.32 Å². The summed E-state index contributed by atoms with van der Waals surface area (Å²) in [5, 5.41) is 13.8. The molecule has 0 atom stereocenters. The molecule has 0 spiro atoms. The molecule has 110 valence electrons. The van der Waals surface area contributed by atoms with Crippen LogP contribution in [0.15, 0.2) is 36.5 Å². The average Bonchev–Trinajstić information content (AvgIpc) is 2.47. The molecule has 21 heavy (non-hydrogen) atoms. The van der Waals surface area contributed by atoms with Gasteiger partial charge in [-0.15, -0.1) is 0 Å². The number of nitrogens with one attached hydrogen (secondary N) is 1. The second-order valence-corrected chi connectivity index (χ2v) is 4.64. The van der Waals surface area contributed by atoms with Crippen molar-refractivity contribution in [2.24, 2.45) is 0 Å². The maximum absolute atomic E-state index is 13.3. The molecule has 0 unspecified atom stereocenters. The molecule has 6 heteroatoms. The van der Waals surface area contributed by atoms with Crippen LogP contribution in [0, 0.1) is 15.9 Å². The van der Waals surface area contributed by atoms with Crippen molar-refractivity contribution < 1.29 is 9.31 Å². The highest BCUT2D eigenvalue weighted by atomic mass is 19.1. The highest BCUT2D eigenvalue weighted by molar-refractivity contribution is 5.35. The lowest BCUT2D eigenvalue weighted by Gasteiger charge is -2.08. The van der Waals surface area contributed by atoms with Gasteiger partial charge in [0.05, 0.1) is 16.7 Å². The van der Waals surface area contributed by atoms with E-state index in [-0.39, 0.29) is 5.69 Å². The number of hydrogen-bond donors (Lipinski definition) is 1. The van der Waals surface area contributed by atoms with Crippen LogP contribution >= 0.6 is 0 Å². The minimum atomic E-state index is -0.604. The Morgan fingerprint density at radius 1 is 1.33 bits per heavy atom.